The number of thiophene rings is 1. The lowest BCUT2D eigenvalue weighted by Crippen LogP contribution is -2.19. The molecule has 1 aromatic rings. The van der Waals surface area contributed by atoms with Gasteiger partial charge in [-0.3, -0.25) is 0 Å². The van der Waals surface area contributed by atoms with Crippen LogP contribution in [-0.2, 0) is 0 Å². The molecular formula is C11H19NOS. The topological polar surface area (TPSA) is 35.2 Å². The molecule has 1 atom stereocenters. The summed E-state index contributed by atoms with van der Waals surface area (Å²) >= 11 is 1.69. The van der Waals surface area contributed by atoms with E-state index in [1.165, 1.54) is 4.88 Å². The van der Waals surface area contributed by atoms with Crippen molar-refractivity contribution >= 4 is 11.3 Å². The zero-order valence-electron chi connectivity index (χ0n) is 9.12. The fourth-order valence-corrected chi connectivity index (χ4v) is 2.60. The van der Waals surface area contributed by atoms with E-state index < -0.39 is 0 Å². The summed E-state index contributed by atoms with van der Waals surface area (Å²) in [7, 11) is 1.69. The fourth-order valence-electron chi connectivity index (χ4n) is 1.65. The van der Waals surface area contributed by atoms with Crippen molar-refractivity contribution in [3.8, 4) is 5.75 Å². The predicted molar refractivity (Wildman–Crippen MR) is 61.9 cm³/mol. The molecule has 1 heterocycles. The van der Waals surface area contributed by atoms with Crippen LogP contribution in [0.1, 0.15) is 37.6 Å². The molecule has 0 bridgehead atoms. The molecule has 0 aliphatic heterocycles. The second-order valence-electron chi connectivity index (χ2n) is 3.49. The Morgan fingerprint density at radius 2 is 2.07 bits per heavy atom. The first-order valence-corrected chi connectivity index (χ1v) is 5.98. The van der Waals surface area contributed by atoms with Gasteiger partial charge in [0.05, 0.1) is 7.11 Å². The highest BCUT2D eigenvalue weighted by Crippen LogP contribution is 2.32. The molecule has 0 aliphatic carbocycles. The molecule has 0 saturated heterocycles. The number of methoxy groups -OCH3 is 1. The maximum absolute atomic E-state index is 6.18. The molecular weight excluding hydrogens is 194 g/mol. The monoisotopic (exact) mass is 213 g/mol. The van der Waals surface area contributed by atoms with Crippen LogP contribution in [0.3, 0.4) is 0 Å². The third-order valence-electron chi connectivity index (χ3n) is 2.72. The van der Waals surface area contributed by atoms with Crippen LogP contribution in [0.15, 0.2) is 11.4 Å². The third-order valence-corrected chi connectivity index (χ3v) is 3.73. The summed E-state index contributed by atoms with van der Waals surface area (Å²) in [4.78, 5) is 1.23. The van der Waals surface area contributed by atoms with E-state index in [-0.39, 0.29) is 6.04 Å². The highest BCUT2D eigenvalue weighted by Gasteiger charge is 2.17. The molecule has 1 rings (SSSR count). The Morgan fingerprint density at radius 1 is 1.43 bits per heavy atom. The van der Waals surface area contributed by atoms with Gasteiger partial charge in [-0.05, 0) is 12.0 Å². The predicted octanol–water partition coefficient (Wildman–Crippen LogP) is 3.19. The maximum atomic E-state index is 6.18. The van der Waals surface area contributed by atoms with Crippen LogP contribution in [-0.4, -0.2) is 7.11 Å². The summed E-state index contributed by atoms with van der Waals surface area (Å²) in [5, 5.41) is 2.01. The van der Waals surface area contributed by atoms with Gasteiger partial charge in [0.15, 0.2) is 0 Å². The fraction of sp³-hybridized carbons (Fsp3) is 0.636. The Bertz CT molecular complexity index is 268. The number of ether oxygens (including phenoxy) is 1. The van der Waals surface area contributed by atoms with E-state index in [1.54, 1.807) is 18.4 Å². The average molecular weight is 213 g/mol. The average Bonchev–Trinajstić information content (AvgIpc) is 2.67. The summed E-state index contributed by atoms with van der Waals surface area (Å²) in [6, 6.07) is 2.21. The van der Waals surface area contributed by atoms with Crippen molar-refractivity contribution < 1.29 is 4.74 Å². The van der Waals surface area contributed by atoms with Crippen LogP contribution in [0.25, 0.3) is 0 Å². The highest BCUT2D eigenvalue weighted by molar-refractivity contribution is 7.10. The van der Waals surface area contributed by atoms with Crippen molar-refractivity contribution in [2.75, 3.05) is 7.11 Å². The Morgan fingerprint density at radius 3 is 2.50 bits per heavy atom. The van der Waals surface area contributed by atoms with E-state index in [2.05, 4.69) is 13.8 Å². The second-order valence-corrected chi connectivity index (χ2v) is 4.43. The molecule has 0 fully saturated rings. The van der Waals surface area contributed by atoms with Crippen molar-refractivity contribution in [3.63, 3.8) is 0 Å². The van der Waals surface area contributed by atoms with E-state index in [0.717, 1.165) is 18.6 Å². The quantitative estimate of drug-likeness (QED) is 0.815. The smallest absolute Gasteiger partial charge is 0.129 e. The number of hydrogen-bond acceptors (Lipinski definition) is 3. The van der Waals surface area contributed by atoms with E-state index in [1.807, 2.05) is 11.4 Å². The van der Waals surface area contributed by atoms with Crippen LogP contribution >= 0.6 is 11.3 Å². The summed E-state index contributed by atoms with van der Waals surface area (Å²) in [5.74, 6) is 1.50. The first-order valence-electron chi connectivity index (χ1n) is 5.10. The lowest BCUT2D eigenvalue weighted by atomic mass is 9.94. The van der Waals surface area contributed by atoms with Gasteiger partial charge in [0.25, 0.3) is 0 Å². The Kier molecular flexibility index (Phi) is 4.42. The molecule has 14 heavy (non-hydrogen) atoms. The lowest BCUT2D eigenvalue weighted by Gasteiger charge is -2.19. The zero-order valence-corrected chi connectivity index (χ0v) is 9.93. The Balaban J connectivity index is 2.72. The molecule has 2 N–H and O–H groups in total. The minimum atomic E-state index is 0.166. The van der Waals surface area contributed by atoms with Gasteiger partial charge in [0.2, 0.25) is 0 Å². The van der Waals surface area contributed by atoms with Gasteiger partial charge >= 0.3 is 0 Å². The van der Waals surface area contributed by atoms with Crippen molar-refractivity contribution in [2.24, 2.45) is 11.7 Å². The van der Waals surface area contributed by atoms with Gasteiger partial charge in [-0.2, -0.15) is 0 Å². The van der Waals surface area contributed by atoms with E-state index in [0.29, 0.717) is 5.92 Å². The number of nitrogens with two attached hydrogens (primary N) is 1. The number of hydrogen-bond donors (Lipinski definition) is 1. The first kappa shape index (κ1) is 11.5. The summed E-state index contributed by atoms with van der Waals surface area (Å²) in [5.41, 5.74) is 6.18. The van der Waals surface area contributed by atoms with Crippen LogP contribution in [0.5, 0.6) is 5.75 Å². The molecule has 80 valence electrons. The Hall–Kier alpha value is -0.540. The van der Waals surface area contributed by atoms with Crippen molar-refractivity contribution in [1.29, 1.82) is 0 Å². The molecule has 0 saturated carbocycles. The zero-order chi connectivity index (χ0) is 10.6. The van der Waals surface area contributed by atoms with Crippen LogP contribution in [0, 0.1) is 5.92 Å². The standard InChI is InChI=1S/C11H19NOS/c1-4-8(5-2)11(12)10-6-9(13-3)7-14-10/h6-8,11H,4-5,12H2,1-3H3. The largest absolute Gasteiger partial charge is 0.496 e. The lowest BCUT2D eigenvalue weighted by molar-refractivity contribution is 0.403. The van der Waals surface area contributed by atoms with Gasteiger partial charge in [0, 0.05) is 16.3 Å². The van der Waals surface area contributed by atoms with Gasteiger partial charge in [-0.25, -0.2) is 0 Å². The molecule has 0 aromatic carbocycles. The van der Waals surface area contributed by atoms with Gasteiger partial charge in [-0.15, -0.1) is 11.3 Å². The van der Waals surface area contributed by atoms with Gasteiger partial charge in [0.1, 0.15) is 5.75 Å². The van der Waals surface area contributed by atoms with E-state index >= 15 is 0 Å². The van der Waals surface area contributed by atoms with Crippen LogP contribution in [0.4, 0.5) is 0 Å². The maximum Gasteiger partial charge on any atom is 0.129 e. The van der Waals surface area contributed by atoms with E-state index in [4.69, 9.17) is 10.5 Å². The van der Waals surface area contributed by atoms with E-state index in [9.17, 15) is 0 Å². The minimum Gasteiger partial charge on any atom is -0.496 e. The van der Waals surface area contributed by atoms with Crippen molar-refractivity contribution in [1.82, 2.24) is 0 Å². The van der Waals surface area contributed by atoms with Crippen LogP contribution < -0.4 is 10.5 Å². The second kappa shape index (κ2) is 5.37. The summed E-state index contributed by atoms with van der Waals surface area (Å²) < 4.78 is 5.15. The molecule has 0 aliphatic rings. The van der Waals surface area contributed by atoms with Gasteiger partial charge < -0.3 is 10.5 Å². The van der Waals surface area contributed by atoms with Crippen LogP contribution in [0.2, 0.25) is 0 Å². The molecule has 3 heteroatoms. The normalized spacial score (nSPS) is 13.2. The molecule has 0 radical (unpaired) electrons. The highest BCUT2D eigenvalue weighted by atomic mass is 32.1. The minimum absolute atomic E-state index is 0.166. The SMILES string of the molecule is CCC(CC)C(N)c1cc(OC)cs1. The first-order chi connectivity index (χ1) is 6.72. The molecule has 2 nitrogen and oxygen atoms in total. The summed E-state index contributed by atoms with van der Waals surface area (Å²) in [6.07, 6.45) is 2.27. The number of rotatable bonds is 5. The molecule has 0 amide bonds. The van der Waals surface area contributed by atoms with Gasteiger partial charge in [-0.1, -0.05) is 26.7 Å². The summed E-state index contributed by atoms with van der Waals surface area (Å²) in [6.45, 7) is 4.39. The molecule has 1 aromatic heterocycles. The third kappa shape index (κ3) is 2.49. The van der Waals surface area contributed by atoms with Crippen molar-refractivity contribution in [3.05, 3.63) is 16.3 Å². The molecule has 1 unspecified atom stereocenters. The van der Waals surface area contributed by atoms with Crippen molar-refractivity contribution in [2.45, 2.75) is 32.7 Å². The Labute approximate surface area is 90.1 Å². The molecule has 0 spiro atoms.